The molecular weight excluding hydrogens is 266 g/mol. The van der Waals surface area contributed by atoms with Gasteiger partial charge in [-0.05, 0) is 31.4 Å². The maximum absolute atomic E-state index is 12.6. The monoisotopic (exact) mass is 283 g/mol. The van der Waals surface area contributed by atoms with E-state index in [9.17, 15) is 9.59 Å². The predicted molar refractivity (Wildman–Crippen MR) is 80.0 cm³/mol. The molecule has 2 heterocycles. The van der Waals surface area contributed by atoms with Crippen LogP contribution >= 0.6 is 0 Å². The van der Waals surface area contributed by atoms with Gasteiger partial charge in [0.15, 0.2) is 0 Å². The maximum atomic E-state index is 12.6. The first-order valence-corrected chi connectivity index (χ1v) is 7.15. The van der Waals surface area contributed by atoms with Gasteiger partial charge in [-0.1, -0.05) is 18.2 Å². The maximum Gasteiger partial charge on any atom is 0.268 e. The zero-order valence-electron chi connectivity index (χ0n) is 11.7. The van der Waals surface area contributed by atoms with Crippen LogP contribution in [0.5, 0.6) is 0 Å². The number of para-hydroxylation sites is 1. The quantitative estimate of drug-likeness (QED) is 0.915. The summed E-state index contributed by atoms with van der Waals surface area (Å²) in [7, 11) is 0. The number of piperidine rings is 1. The number of carbonyl (C=O) groups is 2. The highest BCUT2D eigenvalue weighted by Crippen LogP contribution is 2.20. The van der Waals surface area contributed by atoms with Gasteiger partial charge in [-0.15, -0.1) is 0 Å². The summed E-state index contributed by atoms with van der Waals surface area (Å²) in [5.41, 5.74) is 6.44. The second kappa shape index (κ2) is 5.52. The molecule has 1 aliphatic rings. The van der Waals surface area contributed by atoms with E-state index < -0.39 is 5.91 Å². The summed E-state index contributed by atoms with van der Waals surface area (Å²) >= 11 is 0. The van der Waals surface area contributed by atoms with E-state index in [-0.39, 0.29) is 11.6 Å². The van der Waals surface area contributed by atoms with Gasteiger partial charge in [0.05, 0.1) is 11.1 Å². The van der Waals surface area contributed by atoms with Crippen molar-refractivity contribution in [2.75, 3.05) is 13.1 Å². The van der Waals surface area contributed by atoms with E-state index in [1.54, 1.807) is 17.0 Å². The highest BCUT2D eigenvalue weighted by molar-refractivity contribution is 6.07. The van der Waals surface area contributed by atoms with Crippen LogP contribution in [-0.4, -0.2) is 34.8 Å². The summed E-state index contributed by atoms with van der Waals surface area (Å²) in [5.74, 6) is -0.817. The molecule has 3 rings (SSSR count). The van der Waals surface area contributed by atoms with Crippen LogP contribution in [-0.2, 0) is 0 Å². The fourth-order valence-electron chi connectivity index (χ4n) is 2.73. The number of fused-ring (bicyclic) bond motifs is 1. The third-order valence-electron chi connectivity index (χ3n) is 3.83. The Hall–Kier alpha value is -2.43. The van der Waals surface area contributed by atoms with Crippen molar-refractivity contribution in [2.24, 2.45) is 5.73 Å². The Kier molecular flexibility index (Phi) is 3.56. The molecule has 2 N–H and O–H groups in total. The molecule has 0 aliphatic carbocycles. The number of carbonyl (C=O) groups excluding carboxylic acids is 2. The van der Waals surface area contributed by atoms with E-state index in [4.69, 9.17) is 5.73 Å². The molecule has 1 aromatic carbocycles. The first kappa shape index (κ1) is 13.5. The number of benzene rings is 1. The summed E-state index contributed by atoms with van der Waals surface area (Å²) < 4.78 is 0. The highest BCUT2D eigenvalue weighted by Gasteiger charge is 2.24. The van der Waals surface area contributed by atoms with Crippen molar-refractivity contribution in [3.63, 3.8) is 0 Å². The molecule has 5 nitrogen and oxygen atoms in total. The van der Waals surface area contributed by atoms with Crippen LogP contribution in [0.25, 0.3) is 10.9 Å². The molecule has 1 aromatic heterocycles. The molecule has 0 radical (unpaired) electrons. The van der Waals surface area contributed by atoms with Gasteiger partial charge in [0, 0.05) is 18.5 Å². The van der Waals surface area contributed by atoms with Crippen LogP contribution in [0.3, 0.4) is 0 Å². The number of likely N-dealkylation sites (tertiary alicyclic amines) is 1. The fourth-order valence-corrected chi connectivity index (χ4v) is 2.73. The number of nitrogens with two attached hydrogens (primary N) is 1. The Labute approximate surface area is 122 Å². The van der Waals surface area contributed by atoms with Gasteiger partial charge < -0.3 is 10.6 Å². The Balaban J connectivity index is 2.08. The van der Waals surface area contributed by atoms with Crippen molar-refractivity contribution < 1.29 is 9.59 Å². The van der Waals surface area contributed by atoms with Gasteiger partial charge >= 0.3 is 0 Å². The molecule has 1 aliphatic heterocycles. The second-order valence-electron chi connectivity index (χ2n) is 5.29. The first-order valence-electron chi connectivity index (χ1n) is 7.15. The number of hydrogen-bond acceptors (Lipinski definition) is 3. The first-order chi connectivity index (χ1) is 10.2. The summed E-state index contributed by atoms with van der Waals surface area (Å²) in [6.07, 6.45) is 3.14. The topological polar surface area (TPSA) is 76.3 Å². The predicted octanol–water partition coefficient (Wildman–Crippen LogP) is 1.96. The van der Waals surface area contributed by atoms with Gasteiger partial charge in [-0.2, -0.15) is 0 Å². The zero-order valence-corrected chi connectivity index (χ0v) is 11.7. The molecule has 0 atom stereocenters. The Bertz CT molecular complexity index is 706. The van der Waals surface area contributed by atoms with Crippen molar-refractivity contribution in [1.29, 1.82) is 0 Å². The summed E-state index contributed by atoms with van der Waals surface area (Å²) in [6.45, 7) is 1.45. The molecule has 0 spiro atoms. The molecule has 0 bridgehead atoms. The van der Waals surface area contributed by atoms with E-state index in [1.807, 2.05) is 18.2 Å². The molecule has 2 amide bonds. The van der Waals surface area contributed by atoms with E-state index in [0.717, 1.165) is 37.7 Å². The number of aromatic nitrogens is 1. The minimum absolute atomic E-state index is 0.0595. The summed E-state index contributed by atoms with van der Waals surface area (Å²) in [4.78, 5) is 30.3. The standard InChI is InChI=1S/C16H17N3O2/c17-15(20)14-12(16(21)19-8-4-1-5-9-19)10-11-6-2-3-7-13(11)18-14/h2-3,6-7,10H,1,4-5,8-9H2,(H2,17,20). The minimum atomic E-state index is -0.666. The summed E-state index contributed by atoms with van der Waals surface area (Å²) in [5, 5.41) is 0.836. The number of pyridine rings is 1. The van der Waals surface area contributed by atoms with Gasteiger partial charge in [-0.3, -0.25) is 9.59 Å². The van der Waals surface area contributed by atoms with E-state index in [0.29, 0.717) is 11.1 Å². The van der Waals surface area contributed by atoms with Crippen molar-refractivity contribution in [3.05, 3.63) is 41.6 Å². The smallest absolute Gasteiger partial charge is 0.268 e. The summed E-state index contributed by atoms with van der Waals surface area (Å²) in [6, 6.07) is 9.12. The average Bonchev–Trinajstić information content (AvgIpc) is 2.53. The molecule has 0 saturated carbocycles. The third-order valence-corrected chi connectivity index (χ3v) is 3.83. The normalized spacial score (nSPS) is 15.1. The van der Waals surface area contributed by atoms with Crippen LogP contribution in [0.4, 0.5) is 0 Å². The fraction of sp³-hybridized carbons (Fsp3) is 0.312. The van der Waals surface area contributed by atoms with Crippen LogP contribution in [0.2, 0.25) is 0 Å². The minimum Gasteiger partial charge on any atom is -0.364 e. The van der Waals surface area contributed by atoms with E-state index in [2.05, 4.69) is 4.98 Å². The number of rotatable bonds is 2. The van der Waals surface area contributed by atoms with Crippen LogP contribution in [0.15, 0.2) is 30.3 Å². The van der Waals surface area contributed by atoms with Gasteiger partial charge in [-0.25, -0.2) is 4.98 Å². The van der Waals surface area contributed by atoms with Crippen molar-refractivity contribution >= 4 is 22.7 Å². The van der Waals surface area contributed by atoms with Gasteiger partial charge in [0.2, 0.25) is 0 Å². The molecule has 108 valence electrons. The molecular formula is C16H17N3O2. The Morgan fingerprint density at radius 3 is 2.52 bits per heavy atom. The lowest BCUT2D eigenvalue weighted by atomic mass is 10.1. The number of amides is 2. The SMILES string of the molecule is NC(=O)c1nc2ccccc2cc1C(=O)N1CCCCC1. The van der Waals surface area contributed by atoms with E-state index >= 15 is 0 Å². The largest absolute Gasteiger partial charge is 0.364 e. The number of nitrogens with zero attached hydrogens (tertiary/aromatic N) is 2. The van der Waals surface area contributed by atoms with Crippen molar-refractivity contribution in [1.82, 2.24) is 9.88 Å². The second-order valence-corrected chi connectivity index (χ2v) is 5.29. The highest BCUT2D eigenvalue weighted by atomic mass is 16.2. The van der Waals surface area contributed by atoms with Crippen molar-refractivity contribution in [2.45, 2.75) is 19.3 Å². The average molecular weight is 283 g/mol. The third kappa shape index (κ3) is 2.59. The number of hydrogen-bond donors (Lipinski definition) is 1. The Morgan fingerprint density at radius 1 is 1.10 bits per heavy atom. The molecule has 5 heteroatoms. The lowest BCUT2D eigenvalue weighted by molar-refractivity contribution is 0.0719. The van der Waals surface area contributed by atoms with Crippen LogP contribution in [0.1, 0.15) is 40.1 Å². The van der Waals surface area contributed by atoms with E-state index in [1.165, 1.54) is 0 Å². The molecule has 0 unspecified atom stereocenters. The Morgan fingerprint density at radius 2 is 1.81 bits per heavy atom. The van der Waals surface area contributed by atoms with Crippen LogP contribution in [0, 0.1) is 0 Å². The molecule has 1 saturated heterocycles. The molecule has 21 heavy (non-hydrogen) atoms. The molecule has 2 aromatic rings. The van der Waals surface area contributed by atoms with Gasteiger partial charge in [0.25, 0.3) is 11.8 Å². The molecule has 1 fully saturated rings. The van der Waals surface area contributed by atoms with Gasteiger partial charge in [0.1, 0.15) is 5.69 Å². The lowest BCUT2D eigenvalue weighted by Crippen LogP contribution is -2.37. The van der Waals surface area contributed by atoms with Crippen LogP contribution < -0.4 is 5.73 Å². The number of primary amides is 1. The zero-order chi connectivity index (χ0) is 14.8. The van der Waals surface area contributed by atoms with Crippen molar-refractivity contribution in [3.8, 4) is 0 Å². The lowest BCUT2D eigenvalue weighted by Gasteiger charge is -2.27.